The predicted molar refractivity (Wildman–Crippen MR) is 91.1 cm³/mol. The summed E-state index contributed by atoms with van der Waals surface area (Å²) >= 11 is 0. The van der Waals surface area contributed by atoms with Gasteiger partial charge >= 0.3 is 0 Å². The lowest BCUT2D eigenvalue weighted by atomic mass is 10.1. The Kier molecular flexibility index (Phi) is 6.56. The Hall–Kier alpha value is -1.91. The Morgan fingerprint density at radius 2 is 1.65 bits per heavy atom. The highest BCUT2D eigenvalue weighted by atomic mass is 19.1. The Morgan fingerprint density at radius 3 is 2.22 bits per heavy atom. The third-order valence-electron chi connectivity index (χ3n) is 3.92. The molecule has 0 unspecified atom stereocenters. The molecule has 124 valence electrons. The summed E-state index contributed by atoms with van der Waals surface area (Å²) in [5, 5.41) is 9.00. The van der Waals surface area contributed by atoms with E-state index in [4.69, 9.17) is 9.84 Å². The second kappa shape index (κ2) is 8.65. The van der Waals surface area contributed by atoms with Crippen LogP contribution in [0.5, 0.6) is 5.75 Å². The summed E-state index contributed by atoms with van der Waals surface area (Å²) in [5.41, 5.74) is 1.81. The normalized spacial score (nSPS) is 15.7. The van der Waals surface area contributed by atoms with Crippen molar-refractivity contribution in [1.29, 1.82) is 0 Å². The van der Waals surface area contributed by atoms with Crippen LogP contribution in [-0.4, -0.2) is 43.4 Å². The molecule has 0 atom stereocenters. The van der Waals surface area contributed by atoms with Crippen molar-refractivity contribution in [3.8, 4) is 16.9 Å². The Bertz CT molecular complexity index is 600. The summed E-state index contributed by atoms with van der Waals surface area (Å²) in [4.78, 5) is 2.24. The standard InChI is InChI=1S/C13H11FO.C6H13NO/c1-15-13-7-3-5-11(9-13)10-4-2-6-12(14)8-10;1-7-4-2-6(8)3-5-7/h2-9H,1H3;6,8H,2-5H2,1H3. The molecule has 3 nitrogen and oxygen atoms in total. The summed E-state index contributed by atoms with van der Waals surface area (Å²) in [6.45, 7) is 2.11. The Labute approximate surface area is 137 Å². The number of halogens is 1. The monoisotopic (exact) mass is 317 g/mol. The maximum absolute atomic E-state index is 13.0. The first kappa shape index (κ1) is 17.4. The first-order valence-electron chi connectivity index (χ1n) is 7.85. The van der Waals surface area contributed by atoms with Crippen molar-refractivity contribution in [3.63, 3.8) is 0 Å². The van der Waals surface area contributed by atoms with Crippen molar-refractivity contribution in [1.82, 2.24) is 4.90 Å². The zero-order chi connectivity index (χ0) is 16.7. The number of hydrogen-bond donors (Lipinski definition) is 1. The first-order valence-corrected chi connectivity index (χ1v) is 7.85. The molecule has 0 saturated carbocycles. The maximum atomic E-state index is 13.0. The van der Waals surface area contributed by atoms with Crippen molar-refractivity contribution >= 4 is 0 Å². The fourth-order valence-corrected chi connectivity index (χ4v) is 2.47. The minimum atomic E-state index is -0.227. The van der Waals surface area contributed by atoms with Gasteiger partial charge < -0.3 is 14.7 Å². The Balaban J connectivity index is 0.000000203. The van der Waals surface area contributed by atoms with E-state index in [1.54, 1.807) is 13.2 Å². The van der Waals surface area contributed by atoms with E-state index >= 15 is 0 Å². The summed E-state index contributed by atoms with van der Waals surface area (Å²) in [7, 11) is 3.70. The molecule has 4 heteroatoms. The fourth-order valence-electron chi connectivity index (χ4n) is 2.47. The Morgan fingerprint density at radius 1 is 1.04 bits per heavy atom. The van der Waals surface area contributed by atoms with E-state index < -0.39 is 0 Å². The number of aliphatic hydroxyl groups excluding tert-OH is 1. The van der Waals surface area contributed by atoms with E-state index in [-0.39, 0.29) is 11.9 Å². The van der Waals surface area contributed by atoms with Crippen LogP contribution in [0, 0.1) is 5.82 Å². The molecule has 1 heterocycles. The van der Waals surface area contributed by atoms with E-state index in [9.17, 15) is 4.39 Å². The first-order chi connectivity index (χ1) is 11.1. The molecule has 2 aromatic carbocycles. The summed E-state index contributed by atoms with van der Waals surface area (Å²) in [6, 6.07) is 14.1. The number of piperidine rings is 1. The average molecular weight is 317 g/mol. The number of nitrogens with zero attached hydrogens (tertiary/aromatic N) is 1. The highest BCUT2D eigenvalue weighted by Gasteiger charge is 2.12. The van der Waals surface area contributed by atoms with Gasteiger partial charge in [-0.1, -0.05) is 24.3 Å². The van der Waals surface area contributed by atoms with Gasteiger partial charge in [0.05, 0.1) is 13.2 Å². The molecule has 0 spiro atoms. The zero-order valence-electron chi connectivity index (χ0n) is 13.7. The molecule has 1 N–H and O–H groups in total. The van der Waals surface area contributed by atoms with E-state index in [2.05, 4.69) is 11.9 Å². The van der Waals surface area contributed by atoms with E-state index in [1.807, 2.05) is 30.3 Å². The number of ether oxygens (including phenoxy) is 1. The van der Waals surface area contributed by atoms with Crippen LogP contribution in [0.2, 0.25) is 0 Å². The third-order valence-corrected chi connectivity index (χ3v) is 3.92. The van der Waals surface area contributed by atoms with Crippen LogP contribution < -0.4 is 4.74 Å². The second-order valence-corrected chi connectivity index (χ2v) is 5.78. The summed E-state index contributed by atoms with van der Waals surface area (Å²) < 4.78 is 18.1. The lowest BCUT2D eigenvalue weighted by Crippen LogP contribution is -2.32. The highest BCUT2D eigenvalue weighted by molar-refractivity contribution is 5.64. The molecule has 1 aliphatic heterocycles. The molecule has 0 aliphatic carbocycles. The fraction of sp³-hybridized carbons (Fsp3) is 0.368. The number of methoxy groups -OCH3 is 1. The summed E-state index contributed by atoms with van der Waals surface area (Å²) in [6.07, 6.45) is 1.89. The number of benzene rings is 2. The van der Waals surface area contributed by atoms with Crippen LogP contribution in [0.15, 0.2) is 48.5 Å². The van der Waals surface area contributed by atoms with Gasteiger partial charge in [0.15, 0.2) is 0 Å². The molecule has 1 fully saturated rings. The van der Waals surface area contributed by atoms with E-state index in [0.717, 1.165) is 42.8 Å². The number of likely N-dealkylation sites (tertiary alicyclic amines) is 1. The van der Waals surface area contributed by atoms with Crippen molar-refractivity contribution < 1.29 is 14.2 Å². The molecule has 0 aromatic heterocycles. The lowest BCUT2D eigenvalue weighted by Gasteiger charge is -2.25. The quantitative estimate of drug-likeness (QED) is 0.919. The molecular weight excluding hydrogens is 293 g/mol. The van der Waals surface area contributed by atoms with Crippen LogP contribution >= 0.6 is 0 Å². The smallest absolute Gasteiger partial charge is 0.123 e. The molecule has 0 radical (unpaired) electrons. The molecule has 1 saturated heterocycles. The number of aliphatic hydroxyl groups is 1. The molecule has 1 aliphatic rings. The van der Waals surface area contributed by atoms with Crippen LogP contribution in [0.3, 0.4) is 0 Å². The van der Waals surface area contributed by atoms with Gasteiger partial charge in [0.1, 0.15) is 11.6 Å². The third kappa shape index (κ3) is 5.66. The number of rotatable bonds is 2. The van der Waals surface area contributed by atoms with E-state index in [0.29, 0.717) is 0 Å². The van der Waals surface area contributed by atoms with Gasteiger partial charge in [0.2, 0.25) is 0 Å². The molecular formula is C19H24FNO2. The minimum Gasteiger partial charge on any atom is -0.497 e. The topological polar surface area (TPSA) is 32.7 Å². The van der Waals surface area contributed by atoms with Crippen LogP contribution in [0.25, 0.3) is 11.1 Å². The lowest BCUT2D eigenvalue weighted by molar-refractivity contribution is 0.0943. The van der Waals surface area contributed by atoms with Crippen LogP contribution in [0.1, 0.15) is 12.8 Å². The van der Waals surface area contributed by atoms with Gasteiger partial charge in [-0.15, -0.1) is 0 Å². The molecule has 23 heavy (non-hydrogen) atoms. The number of hydrogen-bond acceptors (Lipinski definition) is 3. The maximum Gasteiger partial charge on any atom is 0.123 e. The van der Waals surface area contributed by atoms with Crippen molar-refractivity contribution in [2.45, 2.75) is 18.9 Å². The SMILES string of the molecule is CN1CCC(O)CC1.COc1cccc(-c2cccc(F)c2)c1. The van der Waals surface area contributed by atoms with Crippen molar-refractivity contribution in [3.05, 3.63) is 54.3 Å². The van der Waals surface area contributed by atoms with Crippen LogP contribution in [-0.2, 0) is 0 Å². The zero-order valence-corrected chi connectivity index (χ0v) is 13.7. The highest BCUT2D eigenvalue weighted by Crippen LogP contribution is 2.23. The van der Waals surface area contributed by atoms with Gasteiger partial charge in [-0.2, -0.15) is 0 Å². The molecule has 0 amide bonds. The molecule has 3 rings (SSSR count). The average Bonchev–Trinajstić information content (AvgIpc) is 2.58. The van der Waals surface area contributed by atoms with Gasteiger partial charge in [0.25, 0.3) is 0 Å². The largest absolute Gasteiger partial charge is 0.497 e. The second-order valence-electron chi connectivity index (χ2n) is 5.78. The molecule has 2 aromatic rings. The van der Waals surface area contributed by atoms with Crippen molar-refractivity contribution in [2.24, 2.45) is 0 Å². The predicted octanol–water partition coefficient (Wildman–Crippen LogP) is 3.57. The van der Waals surface area contributed by atoms with Gasteiger partial charge in [-0.3, -0.25) is 0 Å². The van der Waals surface area contributed by atoms with Gasteiger partial charge in [-0.25, -0.2) is 4.39 Å². The van der Waals surface area contributed by atoms with E-state index in [1.165, 1.54) is 12.1 Å². The molecule has 0 bridgehead atoms. The van der Waals surface area contributed by atoms with Gasteiger partial charge in [-0.05, 0) is 55.3 Å². The summed E-state index contributed by atoms with van der Waals surface area (Å²) in [5.74, 6) is 0.548. The van der Waals surface area contributed by atoms with Gasteiger partial charge in [0, 0.05) is 13.1 Å². The minimum absolute atomic E-state index is 0.0220. The van der Waals surface area contributed by atoms with Crippen LogP contribution in [0.4, 0.5) is 4.39 Å². The van der Waals surface area contributed by atoms with Crippen molar-refractivity contribution in [2.75, 3.05) is 27.2 Å².